The van der Waals surface area contributed by atoms with Crippen LogP contribution in [0.25, 0.3) is 11.1 Å². The number of hydrogen-bond acceptors (Lipinski definition) is 3. The minimum Gasteiger partial charge on any atom is -0.271 e. The van der Waals surface area contributed by atoms with Gasteiger partial charge in [-0.05, 0) is 30.0 Å². The van der Waals surface area contributed by atoms with Crippen LogP contribution in [-0.4, -0.2) is 29.6 Å². The Kier molecular flexibility index (Phi) is 5.28. The average molecular weight is 298 g/mol. The Labute approximate surface area is 131 Å². The van der Waals surface area contributed by atoms with Crippen LogP contribution in [0.1, 0.15) is 42.7 Å². The highest BCUT2D eigenvalue weighted by Crippen LogP contribution is 2.23. The third kappa shape index (κ3) is 3.71. The topological polar surface area (TPSA) is 42.4 Å². The summed E-state index contributed by atoms with van der Waals surface area (Å²) in [5, 5.41) is 1.21. The first-order valence-electron chi connectivity index (χ1n) is 7.50. The number of rotatable bonds is 5. The molecule has 4 nitrogen and oxygen atoms in total. The van der Waals surface area contributed by atoms with Crippen molar-refractivity contribution in [1.82, 2.24) is 10.0 Å². The molecule has 2 aromatic rings. The van der Waals surface area contributed by atoms with Crippen LogP contribution < -0.4 is 0 Å². The Balaban J connectivity index is 2.22. The van der Waals surface area contributed by atoms with Crippen molar-refractivity contribution in [2.45, 2.75) is 26.7 Å². The standard InChI is InChI=1S/C18H22N2O2/c1-5-22-20(4)18(21)17-10-9-16(12-19-17)15-8-6-7-14(11-15)13(2)3/h6-13H,5H2,1-4H3. The summed E-state index contributed by atoms with van der Waals surface area (Å²) in [4.78, 5) is 21.5. The summed E-state index contributed by atoms with van der Waals surface area (Å²) in [7, 11) is 1.59. The summed E-state index contributed by atoms with van der Waals surface area (Å²) in [6.07, 6.45) is 1.73. The zero-order chi connectivity index (χ0) is 16.1. The van der Waals surface area contributed by atoms with Crippen LogP contribution >= 0.6 is 0 Å². The lowest BCUT2D eigenvalue weighted by molar-refractivity contribution is -0.100. The van der Waals surface area contributed by atoms with Gasteiger partial charge in [0.2, 0.25) is 0 Å². The van der Waals surface area contributed by atoms with Gasteiger partial charge >= 0.3 is 0 Å². The van der Waals surface area contributed by atoms with Gasteiger partial charge in [-0.3, -0.25) is 14.6 Å². The van der Waals surface area contributed by atoms with Gasteiger partial charge in [-0.2, -0.15) is 0 Å². The van der Waals surface area contributed by atoms with Gasteiger partial charge < -0.3 is 0 Å². The highest BCUT2D eigenvalue weighted by Gasteiger charge is 2.13. The van der Waals surface area contributed by atoms with Gasteiger partial charge in [-0.1, -0.05) is 44.2 Å². The van der Waals surface area contributed by atoms with E-state index in [9.17, 15) is 4.79 Å². The van der Waals surface area contributed by atoms with Crippen LogP contribution in [0.5, 0.6) is 0 Å². The third-order valence-corrected chi connectivity index (χ3v) is 3.48. The fourth-order valence-corrected chi connectivity index (χ4v) is 2.18. The number of amides is 1. The Morgan fingerprint density at radius 3 is 2.59 bits per heavy atom. The zero-order valence-electron chi connectivity index (χ0n) is 13.5. The summed E-state index contributed by atoms with van der Waals surface area (Å²) in [6, 6.07) is 12.0. The lowest BCUT2D eigenvalue weighted by Gasteiger charge is -2.15. The summed E-state index contributed by atoms with van der Waals surface area (Å²) in [5.74, 6) is 0.234. The van der Waals surface area contributed by atoms with E-state index in [1.54, 1.807) is 19.3 Å². The number of pyridine rings is 1. The number of nitrogens with zero attached hydrogens (tertiary/aromatic N) is 2. The molecule has 0 N–H and O–H groups in total. The normalized spacial score (nSPS) is 10.8. The lowest BCUT2D eigenvalue weighted by atomic mass is 9.98. The molecule has 0 bridgehead atoms. The smallest absolute Gasteiger partial charge is 0.271 e. The molecule has 1 aromatic heterocycles. The van der Waals surface area contributed by atoms with Crippen molar-refractivity contribution in [2.24, 2.45) is 0 Å². The van der Waals surface area contributed by atoms with Crippen LogP contribution in [0, 0.1) is 0 Å². The van der Waals surface area contributed by atoms with Crippen molar-refractivity contribution in [3.63, 3.8) is 0 Å². The van der Waals surface area contributed by atoms with E-state index in [1.807, 2.05) is 19.1 Å². The molecule has 0 fully saturated rings. The van der Waals surface area contributed by atoms with E-state index in [1.165, 1.54) is 10.6 Å². The molecular weight excluding hydrogens is 276 g/mol. The zero-order valence-corrected chi connectivity index (χ0v) is 13.5. The Hall–Kier alpha value is -2.20. The molecule has 0 radical (unpaired) electrons. The number of benzene rings is 1. The van der Waals surface area contributed by atoms with Gasteiger partial charge in [0.15, 0.2) is 0 Å². The molecule has 0 aliphatic heterocycles. The number of aromatic nitrogens is 1. The van der Waals surface area contributed by atoms with Gasteiger partial charge in [0.05, 0.1) is 6.61 Å². The van der Waals surface area contributed by atoms with Crippen LogP contribution in [-0.2, 0) is 4.84 Å². The van der Waals surface area contributed by atoms with Crippen molar-refractivity contribution in [2.75, 3.05) is 13.7 Å². The second-order valence-corrected chi connectivity index (χ2v) is 5.43. The van der Waals surface area contributed by atoms with Crippen molar-refractivity contribution in [3.8, 4) is 11.1 Å². The number of hydrogen-bond donors (Lipinski definition) is 0. The first-order chi connectivity index (χ1) is 10.5. The number of hydroxylamine groups is 2. The van der Waals surface area contributed by atoms with Gasteiger partial charge in [0, 0.05) is 18.8 Å². The molecule has 0 aliphatic carbocycles. The maximum atomic E-state index is 12.1. The second-order valence-electron chi connectivity index (χ2n) is 5.43. The van der Waals surface area contributed by atoms with Gasteiger partial charge in [0.25, 0.3) is 5.91 Å². The maximum Gasteiger partial charge on any atom is 0.295 e. The molecule has 1 heterocycles. The van der Waals surface area contributed by atoms with Crippen molar-refractivity contribution in [1.29, 1.82) is 0 Å². The summed E-state index contributed by atoms with van der Waals surface area (Å²) >= 11 is 0. The van der Waals surface area contributed by atoms with Crippen molar-refractivity contribution < 1.29 is 9.63 Å². The molecule has 0 atom stereocenters. The molecule has 2 rings (SSSR count). The van der Waals surface area contributed by atoms with Crippen molar-refractivity contribution in [3.05, 3.63) is 53.9 Å². The van der Waals surface area contributed by atoms with E-state index >= 15 is 0 Å². The molecule has 4 heteroatoms. The second kappa shape index (κ2) is 7.18. The van der Waals surface area contributed by atoms with E-state index in [4.69, 9.17) is 4.84 Å². The first kappa shape index (κ1) is 16.2. The summed E-state index contributed by atoms with van der Waals surface area (Å²) in [5.41, 5.74) is 3.77. The Morgan fingerprint density at radius 2 is 2.00 bits per heavy atom. The van der Waals surface area contributed by atoms with Gasteiger partial charge in [-0.25, -0.2) is 5.06 Å². The van der Waals surface area contributed by atoms with E-state index < -0.39 is 0 Å². The molecule has 22 heavy (non-hydrogen) atoms. The Bertz CT molecular complexity index is 636. The van der Waals surface area contributed by atoms with E-state index in [-0.39, 0.29) is 5.91 Å². The average Bonchev–Trinajstić information content (AvgIpc) is 2.54. The maximum absolute atomic E-state index is 12.1. The molecule has 0 unspecified atom stereocenters. The highest BCUT2D eigenvalue weighted by molar-refractivity contribution is 5.91. The predicted octanol–water partition coefficient (Wildman–Crippen LogP) is 3.90. The minimum atomic E-state index is -0.246. The number of carbonyl (C=O) groups is 1. The molecule has 1 aromatic carbocycles. The highest BCUT2D eigenvalue weighted by atomic mass is 16.7. The fraction of sp³-hybridized carbons (Fsp3) is 0.333. The largest absolute Gasteiger partial charge is 0.295 e. The summed E-state index contributed by atoms with van der Waals surface area (Å²) < 4.78 is 0. The molecule has 0 saturated heterocycles. The molecule has 116 valence electrons. The van der Waals surface area contributed by atoms with Crippen molar-refractivity contribution >= 4 is 5.91 Å². The van der Waals surface area contributed by atoms with Gasteiger partial charge in [-0.15, -0.1) is 0 Å². The SMILES string of the molecule is CCON(C)C(=O)c1ccc(-c2cccc(C(C)C)c2)cn1. The predicted molar refractivity (Wildman–Crippen MR) is 87.5 cm³/mol. The van der Waals surface area contributed by atoms with E-state index in [0.29, 0.717) is 18.2 Å². The molecular formula is C18H22N2O2. The van der Waals surface area contributed by atoms with Crippen LogP contribution in [0.3, 0.4) is 0 Å². The van der Waals surface area contributed by atoms with Crippen LogP contribution in [0.15, 0.2) is 42.6 Å². The van der Waals surface area contributed by atoms with E-state index in [2.05, 4.69) is 37.0 Å². The van der Waals surface area contributed by atoms with E-state index in [0.717, 1.165) is 11.1 Å². The summed E-state index contributed by atoms with van der Waals surface area (Å²) in [6.45, 7) is 6.62. The molecule has 1 amide bonds. The quantitative estimate of drug-likeness (QED) is 0.786. The minimum absolute atomic E-state index is 0.246. The molecule has 0 saturated carbocycles. The van der Waals surface area contributed by atoms with Crippen LogP contribution in [0.4, 0.5) is 0 Å². The Morgan fingerprint density at radius 1 is 1.23 bits per heavy atom. The molecule has 0 spiro atoms. The first-order valence-corrected chi connectivity index (χ1v) is 7.50. The lowest BCUT2D eigenvalue weighted by Crippen LogP contribution is -2.27. The number of carbonyl (C=O) groups excluding carboxylic acids is 1. The van der Waals surface area contributed by atoms with Crippen LogP contribution in [0.2, 0.25) is 0 Å². The third-order valence-electron chi connectivity index (χ3n) is 3.48. The van der Waals surface area contributed by atoms with Gasteiger partial charge in [0.1, 0.15) is 5.69 Å². The fourth-order valence-electron chi connectivity index (χ4n) is 2.18. The molecule has 0 aliphatic rings. The monoisotopic (exact) mass is 298 g/mol.